The SMILES string of the molecule is C=CC(=O)Nc1cnc(C(=O)N2CC[C@@H](Nc3ncc(Cl)cn3)C2)cc1N1CCN(C)CC1. The zero-order chi connectivity index (χ0) is 23.4. The highest BCUT2D eigenvalue weighted by Crippen LogP contribution is 2.28. The Hall–Kier alpha value is -3.24. The fourth-order valence-corrected chi connectivity index (χ4v) is 4.04. The van der Waals surface area contributed by atoms with Crippen molar-refractivity contribution in [1.29, 1.82) is 0 Å². The highest BCUT2D eigenvalue weighted by atomic mass is 35.5. The Kier molecular flexibility index (Phi) is 7.05. The molecule has 11 heteroatoms. The van der Waals surface area contributed by atoms with Crippen LogP contribution in [0, 0.1) is 0 Å². The van der Waals surface area contributed by atoms with E-state index in [2.05, 4.69) is 49.0 Å². The third kappa shape index (κ3) is 5.58. The quantitative estimate of drug-likeness (QED) is 0.615. The Morgan fingerprint density at radius 1 is 1.12 bits per heavy atom. The Labute approximate surface area is 197 Å². The third-order valence-corrected chi connectivity index (χ3v) is 6.01. The van der Waals surface area contributed by atoms with Gasteiger partial charge in [0.1, 0.15) is 5.69 Å². The van der Waals surface area contributed by atoms with Gasteiger partial charge in [0.25, 0.3) is 5.91 Å². The number of amides is 2. The maximum absolute atomic E-state index is 13.2. The van der Waals surface area contributed by atoms with E-state index < -0.39 is 0 Å². The van der Waals surface area contributed by atoms with E-state index in [1.165, 1.54) is 18.5 Å². The van der Waals surface area contributed by atoms with E-state index in [0.717, 1.165) is 38.3 Å². The van der Waals surface area contributed by atoms with Gasteiger partial charge < -0.3 is 25.3 Å². The van der Waals surface area contributed by atoms with Crippen molar-refractivity contribution in [2.45, 2.75) is 12.5 Å². The number of nitrogens with one attached hydrogen (secondary N) is 2. The van der Waals surface area contributed by atoms with E-state index in [-0.39, 0.29) is 17.9 Å². The molecule has 0 unspecified atom stereocenters. The summed E-state index contributed by atoms with van der Waals surface area (Å²) in [7, 11) is 2.08. The number of piperazine rings is 1. The molecule has 0 bridgehead atoms. The second-order valence-electron chi connectivity index (χ2n) is 8.18. The fraction of sp³-hybridized carbons (Fsp3) is 0.409. The molecule has 2 saturated heterocycles. The van der Waals surface area contributed by atoms with Gasteiger partial charge in [-0.3, -0.25) is 9.59 Å². The number of hydrogen-bond acceptors (Lipinski definition) is 8. The van der Waals surface area contributed by atoms with E-state index in [0.29, 0.717) is 35.4 Å². The van der Waals surface area contributed by atoms with Crippen LogP contribution in [0.15, 0.2) is 37.3 Å². The fourth-order valence-electron chi connectivity index (χ4n) is 3.94. The van der Waals surface area contributed by atoms with Crippen LogP contribution in [0.25, 0.3) is 0 Å². The van der Waals surface area contributed by atoms with Gasteiger partial charge in [0.05, 0.1) is 35.0 Å². The number of anilines is 3. The molecule has 33 heavy (non-hydrogen) atoms. The van der Waals surface area contributed by atoms with E-state index in [1.807, 2.05) is 0 Å². The summed E-state index contributed by atoms with van der Waals surface area (Å²) >= 11 is 5.84. The maximum Gasteiger partial charge on any atom is 0.272 e. The van der Waals surface area contributed by atoms with Crippen LogP contribution in [0.3, 0.4) is 0 Å². The summed E-state index contributed by atoms with van der Waals surface area (Å²) in [5.74, 6) is 0.0221. The lowest BCUT2D eigenvalue weighted by Crippen LogP contribution is -2.45. The molecule has 10 nitrogen and oxygen atoms in total. The Morgan fingerprint density at radius 2 is 1.85 bits per heavy atom. The first kappa shape index (κ1) is 22.9. The molecule has 0 aliphatic carbocycles. The summed E-state index contributed by atoms with van der Waals surface area (Å²) in [6, 6.07) is 1.81. The summed E-state index contributed by atoms with van der Waals surface area (Å²) in [4.78, 5) is 44.0. The normalized spacial score (nSPS) is 18.8. The minimum Gasteiger partial charge on any atom is -0.367 e. The molecular formula is C22H27ClN8O2. The summed E-state index contributed by atoms with van der Waals surface area (Å²) in [5.41, 5.74) is 1.71. The second-order valence-corrected chi connectivity index (χ2v) is 8.61. The number of nitrogens with zero attached hydrogens (tertiary/aromatic N) is 6. The number of carbonyl (C=O) groups is 2. The Balaban J connectivity index is 1.48. The van der Waals surface area contributed by atoms with Crippen molar-refractivity contribution in [3.05, 3.63) is 48.0 Å². The molecule has 0 spiro atoms. The number of hydrogen-bond donors (Lipinski definition) is 2. The van der Waals surface area contributed by atoms with Crippen molar-refractivity contribution < 1.29 is 9.59 Å². The number of halogens is 1. The van der Waals surface area contributed by atoms with Gasteiger partial charge in [-0.05, 0) is 25.6 Å². The Bertz CT molecular complexity index is 1020. The lowest BCUT2D eigenvalue weighted by Gasteiger charge is -2.35. The molecule has 0 saturated carbocycles. The van der Waals surface area contributed by atoms with Gasteiger partial charge in [-0.2, -0.15) is 0 Å². The van der Waals surface area contributed by atoms with Crippen LogP contribution in [0.4, 0.5) is 17.3 Å². The largest absolute Gasteiger partial charge is 0.367 e. The topological polar surface area (TPSA) is 107 Å². The average molecular weight is 471 g/mol. The van der Waals surface area contributed by atoms with Crippen molar-refractivity contribution >= 4 is 40.7 Å². The van der Waals surface area contributed by atoms with Gasteiger partial charge in [0.15, 0.2) is 0 Å². The number of pyridine rings is 1. The lowest BCUT2D eigenvalue weighted by atomic mass is 10.2. The molecule has 4 rings (SSSR count). The van der Waals surface area contributed by atoms with Gasteiger partial charge in [-0.1, -0.05) is 18.2 Å². The number of aromatic nitrogens is 3. The molecule has 2 N–H and O–H groups in total. The first-order chi connectivity index (χ1) is 15.9. The van der Waals surface area contributed by atoms with Crippen LogP contribution in [0.1, 0.15) is 16.9 Å². The van der Waals surface area contributed by atoms with Crippen molar-refractivity contribution in [1.82, 2.24) is 24.8 Å². The predicted octanol–water partition coefficient (Wildman–Crippen LogP) is 1.73. The zero-order valence-electron chi connectivity index (χ0n) is 18.5. The molecular weight excluding hydrogens is 444 g/mol. The minimum absolute atomic E-state index is 0.0402. The van der Waals surface area contributed by atoms with Gasteiger partial charge in [-0.15, -0.1) is 0 Å². The van der Waals surface area contributed by atoms with Crippen LogP contribution < -0.4 is 15.5 Å². The maximum atomic E-state index is 13.2. The van der Waals surface area contributed by atoms with Crippen LogP contribution in [0.5, 0.6) is 0 Å². The molecule has 2 fully saturated rings. The van der Waals surface area contributed by atoms with Gasteiger partial charge in [0.2, 0.25) is 11.9 Å². The minimum atomic E-state index is -0.316. The van der Waals surface area contributed by atoms with Crippen molar-refractivity contribution in [2.24, 2.45) is 0 Å². The van der Waals surface area contributed by atoms with Crippen molar-refractivity contribution in [3.8, 4) is 0 Å². The zero-order valence-corrected chi connectivity index (χ0v) is 19.3. The van der Waals surface area contributed by atoms with Gasteiger partial charge >= 0.3 is 0 Å². The van der Waals surface area contributed by atoms with Crippen molar-refractivity contribution in [2.75, 3.05) is 61.8 Å². The van der Waals surface area contributed by atoms with E-state index in [1.54, 1.807) is 17.2 Å². The molecule has 1 atom stereocenters. The molecule has 0 radical (unpaired) electrons. The predicted molar refractivity (Wildman–Crippen MR) is 128 cm³/mol. The van der Waals surface area contributed by atoms with Crippen LogP contribution >= 0.6 is 11.6 Å². The molecule has 2 amide bonds. The highest BCUT2D eigenvalue weighted by molar-refractivity contribution is 6.30. The molecule has 2 aliphatic heterocycles. The van der Waals surface area contributed by atoms with Crippen molar-refractivity contribution in [3.63, 3.8) is 0 Å². The van der Waals surface area contributed by atoms with E-state index in [4.69, 9.17) is 11.6 Å². The second kappa shape index (κ2) is 10.1. The number of rotatable bonds is 6. The van der Waals surface area contributed by atoms with Crippen LogP contribution in [-0.2, 0) is 4.79 Å². The highest BCUT2D eigenvalue weighted by Gasteiger charge is 2.29. The molecule has 4 heterocycles. The first-order valence-electron chi connectivity index (χ1n) is 10.8. The Morgan fingerprint density at radius 3 is 2.55 bits per heavy atom. The van der Waals surface area contributed by atoms with Gasteiger partial charge in [0, 0.05) is 45.3 Å². The van der Waals surface area contributed by atoms with E-state index >= 15 is 0 Å². The molecule has 174 valence electrons. The monoisotopic (exact) mass is 470 g/mol. The number of likely N-dealkylation sites (N-methyl/N-ethyl adjacent to an activating group) is 1. The average Bonchev–Trinajstić information content (AvgIpc) is 3.29. The smallest absolute Gasteiger partial charge is 0.272 e. The third-order valence-electron chi connectivity index (χ3n) is 5.82. The van der Waals surface area contributed by atoms with Crippen LogP contribution in [0.2, 0.25) is 5.02 Å². The number of carbonyl (C=O) groups excluding carboxylic acids is 2. The summed E-state index contributed by atoms with van der Waals surface area (Å²) < 4.78 is 0. The van der Waals surface area contributed by atoms with Crippen LogP contribution in [-0.4, -0.2) is 88.9 Å². The molecule has 2 aliphatic rings. The standard InChI is InChI=1S/C22H27ClN8O2/c1-3-20(32)28-18-13-24-17(10-19(18)30-8-6-29(2)7-9-30)21(33)31-5-4-16(14-31)27-22-25-11-15(23)12-26-22/h3,10-13,16H,1,4-9,14H2,2H3,(H,28,32)(H,25,26,27)/t16-/m1/s1. The summed E-state index contributed by atoms with van der Waals surface area (Å²) in [5, 5.41) is 6.52. The van der Waals surface area contributed by atoms with E-state index in [9.17, 15) is 9.59 Å². The first-order valence-corrected chi connectivity index (χ1v) is 11.2. The lowest BCUT2D eigenvalue weighted by molar-refractivity contribution is -0.111. The van der Waals surface area contributed by atoms with Gasteiger partial charge in [-0.25, -0.2) is 15.0 Å². The molecule has 2 aromatic heterocycles. The number of likely N-dealkylation sites (tertiary alicyclic amines) is 1. The molecule has 0 aromatic carbocycles. The summed E-state index contributed by atoms with van der Waals surface area (Å²) in [6.45, 7) is 8.01. The molecule has 2 aromatic rings. The summed E-state index contributed by atoms with van der Waals surface area (Å²) in [6.07, 6.45) is 6.61.